The Bertz CT molecular complexity index is 1290. The van der Waals surface area contributed by atoms with Crippen LogP contribution in [0.5, 0.6) is 0 Å². The number of methoxy groups -OCH3 is 1. The van der Waals surface area contributed by atoms with Crippen molar-refractivity contribution in [3.8, 4) is 17.9 Å². The fraction of sp³-hybridized carbons (Fsp3) is 0.500. The van der Waals surface area contributed by atoms with Crippen LogP contribution in [0.15, 0.2) is 30.5 Å². The van der Waals surface area contributed by atoms with Crippen LogP contribution in [0.3, 0.4) is 0 Å². The number of hydrogen-bond donors (Lipinski definition) is 3. The summed E-state index contributed by atoms with van der Waals surface area (Å²) in [5.74, 6) is 7.45. The second kappa shape index (κ2) is 14.9. The van der Waals surface area contributed by atoms with Gasteiger partial charge in [0, 0.05) is 38.3 Å². The van der Waals surface area contributed by atoms with Crippen molar-refractivity contribution in [3.63, 3.8) is 0 Å². The summed E-state index contributed by atoms with van der Waals surface area (Å²) in [7, 11) is 3.18. The molecule has 0 aliphatic heterocycles. The summed E-state index contributed by atoms with van der Waals surface area (Å²) in [6, 6.07) is 9.11. The van der Waals surface area contributed by atoms with Gasteiger partial charge in [0.05, 0.1) is 30.0 Å². The molecule has 3 rings (SSSR count). The van der Waals surface area contributed by atoms with Crippen LogP contribution < -0.4 is 16.0 Å². The fourth-order valence-corrected chi connectivity index (χ4v) is 4.22. The molecule has 3 N–H and O–H groups in total. The van der Waals surface area contributed by atoms with Crippen LogP contribution in [0.1, 0.15) is 57.6 Å². The Hall–Kier alpha value is -4.35. The number of aromatic nitrogens is 2. The standard InChI is InChI=1S/C30H39N7O4/c1-30(2,3)41-29(39)37(4)20-26(38)34-25-8-6-7-21(17-25)9-12-23-19-33-28(36-27(23)32-15-16-40-5)35-24-13-10-22(18-31)11-14-24/h10-11,13-14,19,21,25H,6-8,15-17,20H2,1-5H3,(H,34,38)(H2,32,33,35,36)/t21-,25-/m0/s1. The summed E-state index contributed by atoms with van der Waals surface area (Å²) >= 11 is 0. The van der Waals surface area contributed by atoms with Crippen molar-refractivity contribution in [3.05, 3.63) is 41.6 Å². The number of likely N-dealkylation sites (N-methyl/N-ethyl adjacent to an activating group) is 1. The van der Waals surface area contributed by atoms with Gasteiger partial charge in [0.2, 0.25) is 11.9 Å². The van der Waals surface area contributed by atoms with Gasteiger partial charge in [-0.15, -0.1) is 0 Å². The first-order valence-corrected chi connectivity index (χ1v) is 13.7. The number of amides is 2. The van der Waals surface area contributed by atoms with Gasteiger partial charge < -0.3 is 30.3 Å². The van der Waals surface area contributed by atoms with Crippen LogP contribution in [-0.4, -0.2) is 72.4 Å². The van der Waals surface area contributed by atoms with E-state index in [2.05, 4.69) is 43.8 Å². The van der Waals surface area contributed by atoms with Crippen molar-refractivity contribution in [1.29, 1.82) is 5.26 Å². The molecular weight excluding hydrogens is 522 g/mol. The highest BCUT2D eigenvalue weighted by atomic mass is 16.6. The lowest BCUT2D eigenvalue weighted by molar-refractivity contribution is -0.123. The minimum absolute atomic E-state index is 0.0165. The summed E-state index contributed by atoms with van der Waals surface area (Å²) in [4.78, 5) is 35.1. The molecule has 0 saturated heterocycles. The van der Waals surface area contributed by atoms with Crippen LogP contribution in [0.25, 0.3) is 0 Å². The van der Waals surface area contributed by atoms with Gasteiger partial charge in [-0.2, -0.15) is 10.2 Å². The number of carbonyl (C=O) groups is 2. The largest absolute Gasteiger partial charge is 0.444 e. The summed E-state index contributed by atoms with van der Waals surface area (Å²) in [5.41, 5.74) is 1.37. The summed E-state index contributed by atoms with van der Waals surface area (Å²) in [6.45, 7) is 6.34. The summed E-state index contributed by atoms with van der Waals surface area (Å²) < 4.78 is 10.5. The molecule has 2 amide bonds. The average molecular weight is 562 g/mol. The number of rotatable bonds is 9. The van der Waals surface area contributed by atoms with Crippen molar-refractivity contribution in [2.75, 3.05) is 44.5 Å². The van der Waals surface area contributed by atoms with Gasteiger partial charge in [0.1, 0.15) is 18.0 Å². The molecule has 1 aliphatic rings. The maximum absolute atomic E-state index is 12.6. The molecule has 0 bridgehead atoms. The smallest absolute Gasteiger partial charge is 0.410 e. The second-order valence-electron chi connectivity index (χ2n) is 10.9. The minimum Gasteiger partial charge on any atom is -0.444 e. The predicted octanol–water partition coefficient (Wildman–Crippen LogP) is 4.04. The Morgan fingerprint density at radius 2 is 1.95 bits per heavy atom. The maximum Gasteiger partial charge on any atom is 0.410 e. The van der Waals surface area contributed by atoms with Crippen LogP contribution in [-0.2, 0) is 14.3 Å². The zero-order valence-corrected chi connectivity index (χ0v) is 24.4. The van der Waals surface area contributed by atoms with E-state index in [1.807, 2.05) is 0 Å². The van der Waals surface area contributed by atoms with E-state index >= 15 is 0 Å². The molecule has 0 spiro atoms. The lowest BCUT2D eigenvalue weighted by Crippen LogP contribution is -2.45. The lowest BCUT2D eigenvalue weighted by Gasteiger charge is -2.28. The van der Waals surface area contributed by atoms with Gasteiger partial charge in [-0.1, -0.05) is 18.3 Å². The van der Waals surface area contributed by atoms with Gasteiger partial charge >= 0.3 is 6.09 Å². The Labute approximate surface area is 242 Å². The first kappa shape index (κ1) is 31.2. The van der Waals surface area contributed by atoms with Crippen molar-refractivity contribution in [2.45, 2.75) is 58.1 Å². The van der Waals surface area contributed by atoms with Crippen molar-refractivity contribution in [1.82, 2.24) is 20.2 Å². The molecule has 2 aromatic rings. The predicted molar refractivity (Wildman–Crippen MR) is 156 cm³/mol. The number of benzene rings is 1. The Kier molecular flexibility index (Phi) is 11.3. The minimum atomic E-state index is -0.622. The molecule has 41 heavy (non-hydrogen) atoms. The highest BCUT2D eigenvalue weighted by molar-refractivity contribution is 5.82. The third-order valence-electron chi connectivity index (χ3n) is 6.19. The highest BCUT2D eigenvalue weighted by Crippen LogP contribution is 2.24. The summed E-state index contributed by atoms with van der Waals surface area (Å²) in [6.07, 6.45) is 4.60. The SMILES string of the molecule is COCCNc1nc(Nc2ccc(C#N)cc2)ncc1C#C[C@@H]1CCC[C@H](NC(=O)CN(C)C(=O)OC(C)(C)C)C1. The number of anilines is 3. The van der Waals surface area contributed by atoms with E-state index in [9.17, 15) is 9.59 Å². The first-order chi connectivity index (χ1) is 19.6. The Morgan fingerprint density at radius 1 is 1.20 bits per heavy atom. The summed E-state index contributed by atoms with van der Waals surface area (Å²) in [5, 5.41) is 18.5. The van der Waals surface area contributed by atoms with E-state index in [1.54, 1.807) is 65.4 Å². The van der Waals surface area contributed by atoms with Gasteiger partial charge in [-0.3, -0.25) is 4.79 Å². The molecule has 0 radical (unpaired) electrons. The number of hydrogen-bond acceptors (Lipinski definition) is 9. The molecule has 1 aromatic carbocycles. The average Bonchev–Trinajstić information content (AvgIpc) is 2.92. The molecule has 1 aromatic heterocycles. The molecule has 218 valence electrons. The molecule has 1 heterocycles. The van der Waals surface area contributed by atoms with E-state index in [1.165, 1.54) is 4.90 Å². The Balaban J connectivity index is 1.63. The molecule has 11 nitrogen and oxygen atoms in total. The van der Waals surface area contributed by atoms with E-state index in [-0.39, 0.29) is 24.4 Å². The van der Waals surface area contributed by atoms with Gasteiger partial charge in [0.25, 0.3) is 0 Å². The van der Waals surface area contributed by atoms with Crippen molar-refractivity contribution < 1.29 is 19.1 Å². The monoisotopic (exact) mass is 561 g/mol. The number of carbonyl (C=O) groups excluding carboxylic acids is 2. The molecular formula is C30H39N7O4. The van der Waals surface area contributed by atoms with E-state index in [0.29, 0.717) is 36.0 Å². The van der Waals surface area contributed by atoms with Crippen LogP contribution in [0.4, 0.5) is 22.2 Å². The van der Waals surface area contributed by atoms with E-state index in [4.69, 9.17) is 14.7 Å². The molecule has 1 aliphatic carbocycles. The van der Waals surface area contributed by atoms with Crippen molar-refractivity contribution >= 4 is 29.5 Å². The normalized spacial score (nSPS) is 16.4. The number of nitrogens with zero attached hydrogens (tertiary/aromatic N) is 4. The molecule has 11 heteroatoms. The zero-order chi connectivity index (χ0) is 29.8. The fourth-order valence-electron chi connectivity index (χ4n) is 4.22. The molecule has 0 unspecified atom stereocenters. The second-order valence-corrected chi connectivity index (χ2v) is 10.9. The van der Waals surface area contributed by atoms with Crippen molar-refractivity contribution in [2.24, 2.45) is 5.92 Å². The zero-order valence-electron chi connectivity index (χ0n) is 24.4. The topological polar surface area (TPSA) is 142 Å². The number of ether oxygens (including phenoxy) is 2. The molecule has 2 atom stereocenters. The number of nitriles is 1. The maximum atomic E-state index is 12.6. The van der Waals surface area contributed by atoms with Crippen LogP contribution in [0, 0.1) is 29.1 Å². The van der Waals surface area contributed by atoms with Gasteiger partial charge in [0.15, 0.2) is 0 Å². The van der Waals surface area contributed by atoms with E-state index in [0.717, 1.165) is 31.4 Å². The third kappa shape index (κ3) is 10.6. The molecule has 1 fully saturated rings. The van der Waals surface area contributed by atoms with Crippen LogP contribution >= 0.6 is 0 Å². The van der Waals surface area contributed by atoms with E-state index < -0.39 is 11.7 Å². The highest BCUT2D eigenvalue weighted by Gasteiger charge is 2.25. The van der Waals surface area contributed by atoms with Gasteiger partial charge in [-0.25, -0.2) is 9.78 Å². The first-order valence-electron chi connectivity index (χ1n) is 13.7. The van der Waals surface area contributed by atoms with Crippen LogP contribution in [0.2, 0.25) is 0 Å². The Morgan fingerprint density at radius 3 is 2.63 bits per heavy atom. The lowest BCUT2D eigenvalue weighted by atomic mass is 9.86. The third-order valence-corrected chi connectivity index (χ3v) is 6.19. The van der Waals surface area contributed by atoms with Gasteiger partial charge in [-0.05, 0) is 64.3 Å². The quantitative estimate of drug-likeness (QED) is 0.305. The number of nitrogens with one attached hydrogen (secondary N) is 3. The molecule has 1 saturated carbocycles.